The van der Waals surface area contributed by atoms with Crippen LogP contribution in [0, 0.1) is 6.92 Å². The predicted molar refractivity (Wildman–Crippen MR) is 92.4 cm³/mol. The van der Waals surface area contributed by atoms with Crippen LogP contribution in [0.4, 0.5) is 0 Å². The zero-order valence-electron chi connectivity index (χ0n) is 13.1. The molecule has 2 aromatic heterocycles. The summed E-state index contributed by atoms with van der Waals surface area (Å²) in [5.74, 6) is 0.722. The van der Waals surface area contributed by atoms with E-state index in [9.17, 15) is 4.79 Å². The van der Waals surface area contributed by atoms with Gasteiger partial charge >= 0.3 is 0 Å². The summed E-state index contributed by atoms with van der Waals surface area (Å²) in [5.41, 5.74) is 4.44. The Bertz CT molecular complexity index is 1160. The van der Waals surface area contributed by atoms with Crippen LogP contribution in [0.2, 0.25) is 0 Å². The highest BCUT2D eigenvalue weighted by atomic mass is 16.1. The molecule has 1 aliphatic heterocycles. The minimum Gasteiger partial charge on any atom is -0.305 e. The molecule has 5 rings (SSSR count). The third-order valence-corrected chi connectivity index (χ3v) is 4.56. The predicted octanol–water partition coefficient (Wildman–Crippen LogP) is 2.92. The first kappa shape index (κ1) is 13.2. The summed E-state index contributed by atoms with van der Waals surface area (Å²) in [4.78, 5) is 17.0. The first-order chi connectivity index (χ1) is 11.7. The number of aryl methyl sites for hydroxylation is 1. The minimum atomic E-state index is -0.215. The zero-order chi connectivity index (χ0) is 16.3. The van der Waals surface area contributed by atoms with Crippen molar-refractivity contribution in [2.24, 2.45) is 0 Å². The molecule has 0 aliphatic carbocycles. The normalized spacial score (nSPS) is 12.4. The van der Waals surface area contributed by atoms with Gasteiger partial charge in [0.2, 0.25) is 0 Å². The van der Waals surface area contributed by atoms with Gasteiger partial charge in [-0.3, -0.25) is 4.79 Å². The molecule has 0 N–H and O–H groups in total. The summed E-state index contributed by atoms with van der Waals surface area (Å²) >= 11 is 0. The van der Waals surface area contributed by atoms with E-state index in [1.165, 1.54) is 5.56 Å². The van der Waals surface area contributed by atoms with Gasteiger partial charge in [-0.05, 0) is 24.6 Å². The Morgan fingerprint density at radius 1 is 1.00 bits per heavy atom. The molecular formula is C19H14N4O. The van der Waals surface area contributed by atoms with Crippen LogP contribution in [0.5, 0.6) is 0 Å². The first-order valence-corrected chi connectivity index (χ1v) is 7.88. The summed E-state index contributed by atoms with van der Waals surface area (Å²) in [7, 11) is 0. The van der Waals surface area contributed by atoms with Crippen LogP contribution in [0.1, 0.15) is 11.3 Å². The second kappa shape index (κ2) is 4.64. The van der Waals surface area contributed by atoms with Crippen LogP contribution in [-0.2, 0) is 6.54 Å². The number of benzene rings is 2. The van der Waals surface area contributed by atoms with Gasteiger partial charge < -0.3 is 4.57 Å². The highest BCUT2D eigenvalue weighted by molar-refractivity contribution is 5.83. The van der Waals surface area contributed by atoms with E-state index in [0.717, 1.165) is 22.7 Å². The van der Waals surface area contributed by atoms with Gasteiger partial charge in [0.1, 0.15) is 11.2 Å². The summed E-state index contributed by atoms with van der Waals surface area (Å²) < 4.78 is 3.94. The largest absolute Gasteiger partial charge is 0.305 e. The molecule has 0 fully saturated rings. The lowest BCUT2D eigenvalue weighted by atomic mass is 10.1. The average molecular weight is 314 g/mol. The number of para-hydroxylation sites is 1. The van der Waals surface area contributed by atoms with Crippen LogP contribution < -0.4 is 5.56 Å². The topological polar surface area (TPSA) is 52.7 Å². The molecule has 0 spiro atoms. The van der Waals surface area contributed by atoms with Gasteiger partial charge in [-0.15, -0.1) is 0 Å². The lowest BCUT2D eigenvalue weighted by Gasteiger charge is -2.09. The van der Waals surface area contributed by atoms with Gasteiger partial charge in [-0.1, -0.05) is 42.5 Å². The molecule has 1 aliphatic rings. The van der Waals surface area contributed by atoms with E-state index in [1.807, 2.05) is 60.1 Å². The molecule has 0 saturated heterocycles. The van der Waals surface area contributed by atoms with Crippen LogP contribution in [0.3, 0.4) is 0 Å². The third-order valence-electron chi connectivity index (χ3n) is 4.56. The molecule has 116 valence electrons. The molecule has 24 heavy (non-hydrogen) atoms. The van der Waals surface area contributed by atoms with Gasteiger partial charge in [0, 0.05) is 5.56 Å². The maximum Gasteiger partial charge on any atom is 0.284 e. The number of fused-ring (bicyclic) bond motifs is 5. The SMILES string of the molecule is Cc1nn(-c2ccccc2)c2c1c(=O)nc1n2Cc2ccccc2-1. The Kier molecular flexibility index (Phi) is 2.56. The number of nitrogens with zero attached hydrogens (tertiary/aromatic N) is 4. The molecule has 0 radical (unpaired) electrons. The van der Waals surface area contributed by atoms with Crippen molar-refractivity contribution >= 4 is 11.0 Å². The van der Waals surface area contributed by atoms with E-state index in [1.54, 1.807) is 0 Å². The lowest BCUT2D eigenvalue weighted by molar-refractivity contribution is 0.791. The van der Waals surface area contributed by atoms with Crippen molar-refractivity contribution < 1.29 is 0 Å². The zero-order valence-corrected chi connectivity index (χ0v) is 13.1. The molecular weight excluding hydrogens is 300 g/mol. The van der Waals surface area contributed by atoms with E-state index in [4.69, 9.17) is 0 Å². The van der Waals surface area contributed by atoms with E-state index < -0.39 is 0 Å². The van der Waals surface area contributed by atoms with Gasteiger partial charge in [0.15, 0.2) is 5.65 Å². The van der Waals surface area contributed by atoms with Crippen LogP contribution >= 0.6 is 0 Å². The molecule has 3 heterocycles. The van der Waals surface area contributed by atoms with Crippen molar-refractivity contribution in [2.45, 2.75) is 13.5 Å². The van der Waals surface area contributed by atoms with Crippen LogP contribution in [-0.4, -0.2) is 19.3 Å². The van der Waals surface area contributed by atoms with E-state index in [2.05, 4.69) is 20.7 Å². The van der Waals surface area contributed by atoms with Crippen molar-refractivity contribution in [3.05, 3.63) is 76.2 Å². The summed E-state index contributed by atoms with van der Waals surface area (Å²) in [6.45, 7) is 2.56. The lowest BCUT2D eigenvalue weighted by Crippen LogP contribution is -2.15. The Morgan fingerprint density at radius 2 is 1.75 bits per heavy atom. The van der Waals surface area contributed by atoms with Gasteiger partial charge in [0.05, 0.1) is 17.9 Å². The summed E-state index contributed by atoms with van der Waals surface area (Å²) in [6.07, 6.45) is 0. The Morgan fingerprint density at radius 3 is 2.58 bits per heavy atom. The fraction of sp³-hybridized carbons (Fsp3) is 0.105. The van der Waals surface area contributed by atoms with Gasteiger partial charge in [-0.25, -0.2) is 4.68 Å². The standard InChI is InChI=1S/C19H14N4O/c1-12-16-18(24)20-17-15-10-6-5-7-13(15)11-22(17)19(16)23(21-12)14-8-3-2-4-9-14/h2-10H,11H2,1H3. The Hall–Kier alpha value is -3.21. The fourth-order valence-corrected chi connectivity index (χ4v) is 3.48. The number of hydrogen-bond acceptors (Lipinski definition) is 3. The summed E-state index contributed by atoms with van der Waals surface area (Å²) in [6, 6.07) is 18.0. The maximum atomic E-state index is 12.6. The van der Waals surface area contributed by atoms with Crippen LogP contribution in [0.15, 0.2) is 59.4 Å². The fourth-order valence-electron chi connectivity index (χ4n) is 3.48. The third kappa shape index (κ3) is 1.66. The number of rotatable bonds is 1. The van der Waals surface area contributed by atoms with Crippen molar-refractivity contribution in [3.63, 3.8) is 0 Å². The smallest absolute Gasteiger partial charge is 0.284 e. The highest BCUT2D eigenvalue weighted by Gasteiger charge is 2.25. The molecule has 0 atom stereocenters. The van der Waals surface area contributed by atoms with E-state index >= 15 is 0 Å². The highest BCUT2D eigenvalue weighted by Crippen LogP contribution is 2.32. The molecule has 2 aromatic carbocycles. The molecule has 5 nitrogen and oxygen atoms in total. The molecule has 5 heteroatoms. The van der Waals surface area contributed by atoms with Crippen molar-refractivity contribution in [3.8, 4) is 17.1 Å². The Balaban J connectivity index is 1.93. The second-order valence-corrected chi connectivity index (χ2v) is 6.02. The first-order valence-electron chi connectivity index (χ1n) is 7.88. The number of aromatic nitrogens is 4. The quantitative estimate of drug-likeness (QED) is 0.478. The number of hydrogen-bond donors (Lipinski definition) is 0. The molecule has 4 aromatic rings. The maximum absolute atomic E-state index is 12.6. The molecule has 0 saturated carbocycles. The minimum absolute atomic E-state index is 0.215. The Labute approximate surface area is 137 Å². The monoisotopic (exact) mass is 314 g/mol. The van der Waals surface area contributed by atoms with Crippen molar-refractivity contribution in [2.75, 3.05) is 0 Å². The second-order valence-electron chi connectivity index (χ2n) is 6.02. The van der Waals surface area contributed by atoms with Crippen LogP contribution in [0.25, 0.3) is 28.1 Å². The summed E-state index contributed by atoms with van der Waals surface area (Å²) in [5, 5.41) is 5.21. The molecule has 0 bridgehead atoms. The molecule has 0 amide bonds. The van der Waals surface area contributed by atoms with Crippen molar-refractivity contribution in [1.82, 2.24) is 19.3 Å². The van der Waals surface area contributed by atoms with Gasteiger partial charge in [0.25, 0.3) is 5.56 Å². The van der Waals surface area contributed by atoms with E-state index in [0.29, 0.717) is 17.6 Å². The molecule has 0 unspecified atom stereocenters. The van der Waals surface area contributed by atoms with E-state index in [-0.39, 0.29) is 5.56 Å². The average Bonchev–Trinajstić information content (AvgIpc) is 3.14. The van der Waals surface area contributed by atoms with Gasteiger partial charge in [-0.2, -0.15) is 10.1 Å². The van der Waals surface area contributed by atoms with Crippen molar-refractivity contribution in [1.29, 1.82) is 0 Å².